The third-order valence-electron chi connectivity index (χ3n) is 4.20. The van der Waals surface area contributed by atoms with Crippen molar-refractivity contribution in [1.82, 2.24) is 0 Å². The fourth-order valence-corrected chi connectivity index (χ4v) is 5.18. The number of rotatable bonds is 4. The molecular formula is C17H15ClO4S. The second-order valence-corrected chi connectivity index (χ2v) is 8.31. The van der Waals surface area contributed by atoms with Gasteiger partial charge in [-0.15, -0.1) is 0 Å². The summed E-state index contributed by atoms with van der Waals surface area (Å²) >= 11 is 5.79. The van der Waals surface area contributed by atoms with E-state index in [0.717, 1.165) is 11.1 Å². The van der Waals surface area contributed by atoms with Crippen molar-refractivity contribution in [2.75, 3.05) is 0 Å². The van der Waals surface area contributed by atoms with E-state index in [1.54, 1.807) is 12.1 Å². The van der Waals surface area contributed by atoms with E-state index in [0.29, 0.717) is 5.02 Å². The maximum atomic E-state index is 12.8. The molecular weight excluding hydrogens is 336 g/mol. The fourth-order valence-electron chi connectivity index (χ4n) is 2.93. The molecule has 0 radical (unpaired) electrons. The topological polar surface area (TPSA) is 71.4 Å². The molecule has 1 aliphatic rings. The van der Waals surface area contributed by atoms with Crippen LogP contribution in [-0.4, -0.2) is 24.7 Å². The molecule has 0 amide bonds. The average molecular weight is 351 g/mol. The normalized spacial score (nSPS) is 23.5. The van der Waals surface area contributed by atoms with E-state index < -0.39 is 32.9 Å². The van der Waals surface area contributed by atoms with E-state index in [1.807, 2.05) is 19.1 Å². The monoisotopic (exact) mass is 350 g/mol. The summed E-state index contributed by atoms with van der Waals surface area (Å²) in [4.78, 5) is 11.6. The Morgan fingerprint density at radius 3 is 2.13 bits per heavy atom. The lowest BCUT2D eigenvalue weighted by Crippen LogP contribution is -2.13. The van der Waals surface area contributed by atoms with Gasteiger partial charge in [0, 0.05) is 10.9 Å². The molecule has 1 saturated carbocycles. The molecule has 3 atom stereocenters. The van der Waals surface area contributed by atoms with Crippen molar-refractivity contribution in [3.63, 3.8) is 0 Å². The van der Waals surface area contributed by atoms with Gasteiger partial charge in [-0.25, -0.2) is 8.42 Å². The van der Waals surface area contributed by atoms with Crippen LogP contribution in [0.2, 0.25) is 5.02 Å². The number of benzene rings is 2. The van der Waals surface area contributed by atoms with Gasteiger partial charge in [0.2, 0.25) is 0 Å². The van der Waals surface area contributed by atoms with Crippen LogP contribution in [0.25, 0.3) is 0 Å². The molecule has 23 heavy (non-hydrogen) atoms. The smallest absolute Gasteiger partial charge is 0.308 e. The van der Waals surface area contributed by atoms with Crippen LogP contribution in [0.1, 0.15) is 17.0 Å². The first kappa shape index (κ1) is 16.0. The Labute approximate surface area is 139 Å². The lowest BCUT2D eigenvalue weighted by molar-refractivity contribution is -0.138. The van der Waals surface area contributed by atoms with Gasteiger partial charge in [-0.3, -0.25) is 4.79 Å². The summed E-state index contributed by atoms with van der Waals surface area (Å²) in [7, 11) is -3.72. The van der Waals surface area contributed by atoms with Gasteiger partial charge in [-0.2, -0.15) is 0 Å². The number of aliphatic carboxylic acids is 1. The number of halogens is 1. The van der Waals surface area contributed by atoms with Gasteiger partial charge < -0.3 is 5.11 Å². The molecule has 0 bridgehead atoms. The zero-order valence-electron chi connectivity index (χ0n) is 12.3. The molecule has 1 aliphatic carbocycles. The van der Waals surface area contributed by atoms with E-state index in [-0.39, 0.29) is 4.90 Å². The van der Waals surface area contributed by atoms with Gasteiger partial charge in [0.25, 0.3) is 0 Å². The summed E-state index contributed by atoms with van der Waals surface area (Å²) in [6.45, 7) is 1.92. The molecule has 3 rings (SSSR count). The molecule has 0 aliphatic heterocycles. The molecule has 4 nitrogen and oxygen atoms in total. The minimum Gasteiger partial charge on any atom is -0.481 e. The molecule has 1 fully saturated rings. The Morgan fingerprint density at radius 1 is 1.04 bits per heavy atom. The van der Waals surface area contributed by atoms with Crippen LogP contribution in [0.3, 0.4) is 0 Å². The van der Waals surface area contributed by atoms with E-state index in [4.69, 9.17) is 11.6 Å². The Bertz CT molecular complexity index is 841. The van der Waals surface area contributed by atoms with Crippen LogP contribution in [0.15, 0.2) is 53.4 Å². The zero-order valence-corrected chi connectivity index (χ0v) is 13.9. The summed E-state index contributed by atoms with van der Waals surface area (Å²) in [5.41, 5.74) is 1.78. The molecule has 0 unspecified atom stereocenters. The van der Waals surface area contributed by atoms with Gasteiger partial charge >= 0.3 is 5.97 Å². The molecule has 2 aromatic rings. The maximum absolute atomic E-state index is 12.8. The second kappa shape index (κ2) is 5.65. The van der Waals surface area contributed by atoms with E-state index in [2.05, 4.69) is 0 Å². The van der Waals surface area contributed by atoms with Crippen LogP contribution >= 0.6 is 11.6 Å². The Kier molecular flexibility index (Phi) is 3.94. The van der Waals surface area contributed by atoms with Gasteiger partial charge in [0.05, 0.1) is 16.1 Å². The van der Waals surface area contributed by atoms with E-state index in [1.165, 1.54) is 24.3 Å². The summed E-state index contributed by atoms with van der Waals surface area (Å²) in [6.07, 6.45) is 0. The first-order chi connectivity index (χ1) is 10.8. The Hall–Kier alpha value is -1.85. The molecule has 6 heteroatoms. The minimum atomic E-state index is -3.72. The van der Waals surface area contributed by atoms with Crippen molar-refractivity contribution in [2.24, 2.45) is 5.92 Å². The highest BCUT2D eigenvalue weighted by Gasteiger charge is 2.63. The fraction of sp³-hybridized carbons (Fsp3) is 0.235. The molecule has 0 saturated heterocycles. The zero-order chi connectivity index (χ0) is 16.8. The highest BCUT2D eigenvalue weighted by atomic mass is 35.5. The van der Waals surface area contributed by atoms with E-state index >= 15 is 0 Å². The van der Waals surface area contributed by atoms with Gasteiger partial charge in [-0.05, 0) is 36.8 Å². The second-order valence-electron chi connectivity index (χ2n) is 5.76. The number of sulfone groups is 1. The predicted molar refractivity (Wildman–Crippen MR) is 87.5 cm³/mol. The van der Waals surface area contributed by atoms with Crippen LogP contribution in [0, 0.1) is 12.8 Å². The number of carboxylic acids is 1. The quantitative estimate of drug-likeness (QED) is 0.918. The highest BCUT2D eigenvalue weighted by Crippen LogP contribution is 2.54. The molecule has 120 valence electrons. The number of hydrogen-bond acceptors (Lipinski definition) is 3. The number of carbonyl (C=O) groups is 1. The highest BCUT2D eigenvalue weighted by molar-refractivity contribution is 7.92. The van der Waals surface area contributed by atoms with Crippen LogP contribution in [0.4, 0.5) is 0 Å². The standard InChI is InChI=1S/C17H15ClO4S/c1-10-2-4-11(5-3-10)14-15(17(19)20)16(14)23(21,22)13-8-6-12(18)7-9-13/h2-9,14-16H,1H3,(H,19,20)/t14-,15-,16+/m1/s1. The SMILES string of the molecule is Cc1ccc([C@@H]2[C@@H](C(=O)O)[C@H]2S(=O)(=O)c2ccc(Cl)cc2)cc1. The van der Waals surface area contributed by atoms with Gasteiger partial charge in [0.15, 0.2) is 9.84 Å². The third kappa shape index (κ3) is 2.86. The summed E-state index contributed by atoms with van der Waals surface area (Å²) < 4.78 is 25.5. The van der Waals surface area contributed by atoms with Crippen molar-refractivity contribution < 1.29 is 18.3 Å². The molecule has 0 aromatic heterocycles. The number of carboxylic acid groups (broad SMARTS) is 1. The van der Waals surface area contributed by atoms with Gasteiger partial charge in [-0.1, -0.05) is 41.4 Å². The average Bonchev–Trinajstić information content (AvgIpc) is 3.25. The first-order valence-corrected chi connectivity index (χ1v) is 9.03. The van der Waals surface area contributed by atoms with Crippen LogP contribution in [-0.2, 0) is 14.6 Å². The van der Waals surface area contributed by atoms with Crippen molar-refractivity contribution >= 4 is 27.4 Å². The first-order valence-electron chi connectivity index (χ1n) is 7.11. The summed E-state index contributed by atoms with van der Waals surface area (Å²) in [6, 6.07) is 13.1. The number of hydrogen-bond donors (Lipinski definition) is 1. The lowest BCUT2D eigenvalue weighted by atomic mass is 10.1. The van der Waals surface area contributed by atoms with E-state index in [9.17, 15) is 18.3 Å². The summed E-state index contributed by atoms with van der Waals surface area (Å²) in [5, 5.41) is 8.87. The maximum Gasteiger partial charge on any atom is 0.308 e. The van der Waals surface area contributed by atoms with Crippen molar-refractivity contribution in [1.29, 1.82) is 0 Å². The largest absolute Gasteiger partial charge is 0.481 e. The minimum absolute atomic E-state index is 0.104. The van der Waals surface area contributed by atoms with Crippen molar-refractivity contribution in [3.05, 3.63) is 64.7 Å². The van der Waals surface area contributed by atoms with Crippen molar-refractivity contribution in [3.8, 4) is 0 Å². The van der Waals surface area contributed by atoms with Crippen LogP contribution < -0.4 is 0 Å². The third-order valence-corrected chi connectivity index (χ3v) is 6.69. The van der Waals surface area contributed by atoms with Crippen molar-refractivity contribution in [2.45, 2.75) is 23.0 Å². The molecule has 1 N–H and O–H groups in total. The van der Waals surface area contributed by atoms with Gasteiger partial charge in [0.1, 0.15) is 0 Å². The summed E-state index contributed by atoms with van der Waals surface area (Å²) in [5.74, 6) is -2.52. The van der Waals surface area contributed by atoms with Crippen LogP contribution in [0.5, 0.6) is 0 Å². The lowest BCUT2D eigenvalue weighted by Gasteiger charge is -2.04. The molecule has 0 spiro atoms. The number of aryl methyl sites for hydroxylation is 1. The Morgan fingerprint density at radius 2 is 1.61 bits per heavy atom. The molecule has 2 aromatic carbocycles. The Balaban J connectivity index is 1.98. The molecule has 0 heterocycles. The predicted octanol–water partition coefficient (Wildman–Crippen LogP) is 3.29.